The summed E-state index contributed by atoms with van der Waals surface area (Å²) in [7, 11) is 0. The number of hydrogen-bond acceptors (Lipinski definition) is 6. The van der Waals surface area contributed by atoms with Crippen LogP contribution >= 0.6 is 23.1 Å². The van der Waals surface area contributed by atoms with E-state index in [-0.39, 0.29) is 10.6 Å². The van der Waals surface area contributed by atoms with Crippen LogP contribution in [0.5, 0.6) is 0 Å². The summed E-state index contributed by atoms with van der Waals surface area (Å²) in [5.74, 6) is 1.56. The molecule has 27 heavy (non-hydrogen) atoms. The van der Waals surface area contributed by atoms with Crippen LogP contribution in [-0.4, -0.2) is 19.7 Å². The molecule has 0 fully saturated rings. The summed E-state index contributed by atoms with van der Waals surface area (Å²) in [4.78, 5) is 11.5. The zero-order valence-corrected chi connectivity index (χ0v) is 16.2. The first kappa shape index (κ1) is 17.7. The zero-order chi connectivity index (χ0) is 18.8. The lowest BCUT2D eigenvalue weighted by Gasteiger charge is -2.06. The van der Waals surface area contributed by atoms with Gasteiger partial charge in [0, 0.05) is 29.1 Å². The molecule has 0 radical (unpaired) electrons. The number of nitro groups is 1. The fourth-order valence-electron chi connectivity index (χ4n) is 2.82. The van der Waals surface area contributed by atoms with Gasteiger partial charge in [0.15, 0.2) is 11.0 Å². The number of fused-ring (bicyclic) bond motifs is 1. The minimum atomic E-state index is -0.387. The molecule has 0 aliphatic heterocycles. The summed E-state index contributed by atoms with van der Waals surface area (Å²) < 4.78 is 3.35. The number of rotatable bonds is 6. The highest BCUT2D eigenvalue weighted by atomic mass is 32.2. The summed E-state index contributed by atoms with van der Waals surface area (Å²) in [6.07, 6.45) is 0. The molecule has 0 aliphatic rings. The number of aromatic nitrogens is 3. The van der Waals surface area contributed by atoms with Crippen LogP contribution in [0.2, 0.25) is 0 Å². The normalized spacial score (nSPS) is 11.1. The maximum atomic E-state index is 10.8. The van der Waals surface area contributed by atoms with E-state index in [9.17, 15) is 10.1 Å². The van der Waals surface area contributed by atoms with Crippen molar-refractivity contribution < 1.29 is 4.92 Å². The number of non-ortho nitro benzene ring substituents is 1. The molecule has 0 atom stereocenters. The average molecular weight is 396 g/mol. The number of thiophene rings is 1. The highest BCUT2D eigenvalue weighted by Gasteiger charge is 2.15. The fraction of sp³-hybridized carbons (Fsp3) is 0.158. The molecule has 6 nitrogen and oxygen atoms in total. The van der Waals surface area contributed by atoms with Crippen LogP contribution in [-0.2, 0) is 12.3 Å². The smallest absolute Gasteiger partial charge is 0.269 e. The first-order valence-corrected chi connectivity index (χ1v) is 10.2. The highest BCUT2D eigenvalue weighted by Crippen LogP contribution is 2.34. The molecular weight excluding hydrogens is 380 g/mol. The predicted molar refractivity (Wildman–Crippen MR) is 109 cm³/mol. The monoisotopic (exact) mass is 396 g/mol. The van der Waals surface area contributed by atoms with Crippen molar-refractivity contribution in [3.63, 3.8) is 0 Å². The van der Waals surface area contributed by atoms with E-state index < -0.39 is 0 Å². The summed E-state index contributed by atoms with van der Waals surface area (Å²) in [6, 6.07) is 17.1. The Labute approximate surface area is 164 Å². The standard InChI is InChI=1S/C19H16N4O2S2/c1-2-22-18(17-11-14-5-3-4-6-16(14)27-17)20-21-19(22)26-12-13-7-9-15(10-8-13)23(24)25/h3-11H,2,12H2,1H3. The molecule has 0 spiro atoms. The first-order chi connectivity index (χ1) is 13.2. The third-order valence-corrected chi connectivity index (χ3v) is 6.34. The van der Waals surface area contributed by atoms with Gasteiger partial charge in [-0.1, -0.05) is 42.1 Å². The molecule has 0 saturated carbocycles. The molecule has 2 aromatic heterocycles. The van der Waals surface area contributed by atoms with Crippen LogP contribution in [0.25, 0.3) is 20.8 Å². The number of nitro benzene ring substituents is 1. The van der Waals surface area contributed by atoms with Gasteiger partial charge < -0.3 is 4.57 Å². The summed E-state index contributed by atoms with van der Waals surface area (Å²) in [5.41, 5.74) is 1.12. The van der Waals surface area contributed by atoms with Crippen molar-refractivity contribution in [2.75, 3.05) is 0 Å². The van der Waals surface area contributed by atoms with Gasteiger partial charge in [-0.3, -0.25) is 10.1 Å². The molecular formula is C19H16N4O2S2. The molecule has 8 heteroatoms. The lowest BCUT2D eigenvalue weighted by molar-refractivity contribution is -0.384. The maximum Gasteiger partial charge on any atom is 0.269 e. The second-order valence-corrected chi connectivity index (χ2v) is 7.94. The number of benzene rings is 2. The summed E-state index contributed by atoms with van der Waals surface area (Å²) in [6.45, 7) is 2.86. The van der Waals surface area contributed by atoms with Crippen LogP contribution in [0.15, 0.2) is 59.8 Å². The Balaban J connectivity index is 1.56. The van der Waals surface area contributed by atoms with E-state index in [0.717, 1.165) is 28.0 Å². The zero-order valence-electron chi connectivity index (χ0n) is 14.5. The van der Waals surface area contributed by atoms with E-state index in [0.29, 0.717) is 5.75 Å². The number of nitrogens with zero attached hydrogens (tertiary/aromatic N) is 4. The quantitative estimate of drug-likeness (QED) is 0.248. The van der Waals surface area contributed by atoms with Gasteiger partial charge in [-0.2, -0.15) is 0 Å². The Morgan fingerprint density at radius 2 is 1.93 bits per heavy atom. The van der Waals surface area contributed by atoms with Gasteiger partial charge in [0.05, 0.1) is 9.80 Å². The van der Waals surface area contributed by atoms with Crippen LogP contribution in [0.3, 0.4) is 0 Å². The Morgan fingerprint density at radius 3 is 2.63 bits per heavy atom. The lowest BCUT2D eigenvalue weighted by Crippen LogP contribution is -1.99. The van der Waals surface area contributed by atoms with Crippen LogP contribution < -0.4 is 0 Å². The first-order valence-electron chi connectivity index (χ1n) is 8.44. The molecule has 0 aliphatic carbocycles. The molecule has 0 saturated heterocycles. The van der Waals surface area contributed by atoms with Crippen LogP contribution in [0, 0.1) is 10.1 Å². The Bertz CT molecular complexity index is 1070. The van der Waals surface area contributed by atoms with E-state index >= 15 is 0 Å². The van der Waals surface area contributed by atoms with Crippen molar-refractivity contribution in [3.05, 3.63) is 70.3 Å². The van der Waals surface area contributed by atoms with E-state index in [1.54, 1.807) is 35.2 Å². The van der Waals surface area contributed by atoms with E-state index in [1.165, 1.54) is 22.2 Å². The molecule has 0 N–H and O–H groups in total. The molecule has 2 heterocycles. The molecule has 0 amide bonds. The largest absolute Gasteiger partial charge is 0.302 e. The third-order valence-electron chi connectivity index (χ3n) is 4.19. The van der Waals surface area contributed by atoms with Gasteiger partial charge in [-0.25, -0.2) is 0 Å². The highest BCUT2D eigenvalue weighted by molar-refractivity contribution is 7.98. The second kappa shape index (κ2) is 7.50. The molecule has 136 valence electrons. The average Bonchev–Trinajstić information content (AvgIpc) is 3.29. The Morgan fingerprint density at radius 1 is 1.15 bits per heavy atom. The number of hydrogen-bond donors (Lipinski definition) is 0. The second-order valence-electron chi connectivity index (χ2n) is 5.91. The fourth-order valence-corrected chi connectivity index (χ4v) is 4.83. The maximum absolute atomic E-state index is 10.8. The van der Waals surface area contributed by atoms with E-state index in [1.807, 2.05) is 12.1 Å². The lowest BCUT2D eigenvalue weighted by atomic mass is 10.2. The third kappa shape index (κ3) is 3.58. The molecule has 4 rings (SSSR count). The van der Waals surface area contributed by atoms with Crippen LogP contribution in [0.1, 0.15) is 12.5 Å². The van der Waals surface area contributed by atoms with Gasteiger partial charge >= 0.3 is 0 Å². The van der Waals surface area contributed by atoms with Crippen molar-refractivity contribution >= 4 is 38.9 Å². The Kier molecular flexibility index (Phi) is 4.91. The van der Waals surface area contributed by atoms with Gasteiger partial charge in [-0.15, -0.1) is 21.5 Å². The van der Waals surface area contributed by atoms with Crippen molar-refractivity contribution in [1.82, 2.24) is 14.8 Å². The predicted octanol–water partition coefficient (Wildman–Crippen LogP) is 5.38. The van der Waals surface area contributed by atoms with Crippen molar-refractivity contribution in [1.29, 1.82) is 0 Å². The summed E-state index contributed by atoms with van der Waals surface area (Å²) >= 11 is 3.30. The molecule has 0 bridgehead atoms. The molecule has 4 aromatic rings. The number of thioether (sulfide) groups is 1. The topological polar surface area (TPSA) is 73.8 Å². The SMILES string of the molecule is CCn1c(SCc2ccc([N+](=O)[O-])cc2)nnc1-c1cc2ccccc2s1. The van der Waals surface area contributed by atoms with E-state index in [4.69, 9.17) is 0 Å². The summed E-state index contributed by atoms with van der Waals surface area (Å²) in [5, 5.41) is 21.6. The van der Waals surface area contributed by atoms with Crippen LogP contribution in [0.4, 0.5) is 5.69 Å². The van der Waals surface area contributed by atoms with Crippen molar-refractivity contribution in [2.24, 2.45) is 0 Å². The molecule has 2 aromatic carbocycles. The van der Waals surface area contributed by atoms with Gasteiger partial charge in [-0.05, 0) is 30.0 Å². The van der Waals surface area contributed by atoms with Gasteiger partial charge in [0.1, 0.15) is 0 Å². The van der Waals surface area contributed by atoms with Crippen molar-refractivity contribution in [2.45, 2.75) is 24.4 Å². The Hall–Kier alpha value is -2.71. The van der Waals surface area contributed by atoms with E-state index in [2.05, 4.69) is 39.9 Å². The minimum Gasteiger partial charge on any atom is -0.302 e. The van der Waals surface area contributed by atoms with Gasteiger partial charge in [0.2, 0.25) is 0 Å². The minimum absolute atomic E-state index is 0.104. The molecule has 0 unspecified atom stereocenters. The van der Waals surface area contributed by atoms with Crippen molar-refractivity contribution in [3.8, 4) is 10.7 Å². The van der Waals surface area contributed by atoms with Gasteiger partial charge in [0.25, 0.3) is 5.69 Å².